The van der Waals surface area contributed by atoms with Crippen molar-refractivity contribution in [3.63, 3.8) is 0 Å². The van der Waals surface area contributed by atoms with Crippen LogP contribution in [0.1, 0.15) is 22.6 Å². The third kappa shape index (κ3) is 3.50. The van der Waals surface area contributed by atoms with Gasteiger partial charge < -0.3 is 10.6 Å². The fourth-order valence-electron chi connectivity index (χ4n) is 3.38. The Morgan fingerprint density at radius 2 is 1.86 bits per heavy atom. The van der Waals surface area contributed by atoms with Crippen LogP contribution >= 0.6 is 0 Å². The highest BCUT2D eigenvalue weighted by Crippen LogP contribution is 2.33. The lowest BCUT2D eigenvalue weighted by Gasteiger charge is -2.25. The van der Waals surface area contributed by atoms with Crippen molar-refractivity contribution in [2.75, 3.05) is 11.9 Å². The number of amides is 1. The first-order valence-electron chi connectivity index (χ1n) is 8.75. The number of aromatic nitrogens is 2. The normalized spacial score (nSPS) is 16.5. The van der Waals surface area contributed by atoms with Crippen molar-refractivity contribution >= 4 is 11.7 Å². The largest absolute Gasteiger partial charge is 0.418 e. The molecule has 1 aliphatic heterocycles. The average molecular weight is 386 g/mol. The molecule has 3 aromatic rings. The molecule has 5 nitrogen and oxygen atoms in total. The van der Waals surface area contributed by atoms with Crippen molar-refractivity contribution in [3.8, 4) is 5.69 Å². The molecule has 1 amide bonds. The molecule has 0 radical (unpaired) electrons. The molecule has 0 saturated heterocycles. The van der Waals surface area contributed by atoms with Gasteiger partial charge in [0.15, 0.2) is 5.82 Å². The van der Waals surface area contributed by atoms with E-state index in [9.17, 15) is 18.0 Å². The highest BCUT2D eigenvalue weighted by molar-refractivity contribution is 5.95. The lowest BCUT2D eigenvalue weighted by atomic mass is 9.90. The summed E-state index contributed by atoms with van der Waals surface area (Å²) in [7, 11) is 0. The Kier molecular flexibility index (Phi) is 4.64. The molecule has 2 N–H and O–H groups in total. The minimum atomic E-state index is -4.50. The Labute approximate surface area is 159 Å². The number of nitrogens with one attached hydrogen (secondary N) is 2. The predicted molar refractivity (Wildman–Crippen MR) is 98.1 cm³/mol. The third-order valence-electron chi connectivity index (χ3n) is 4.71. The van der Waals surface area contributed by atoms with Crippen molar-refractivity contribution in [2.45, 2.75) is 18.6 Å². The molecule has 144 valence electrons. The van der Waals surface area contributed by atoms with Crippen LogP contribution in [0.15, 0.2) is 60.8 Å². The number of anilines is 1. The molecular weight excluding hydrogens is 369 g/mol. The van der Waals surface area contributed by atoms with Crippen molar-refractivity contribution in [1.29, 1.82) is 0 Å². The Morgan fingerprint density at radius 1 is 1.11 bits per heavy atom. The van der Waals surface area contributed by atoms with Gasteiger partial charge in [0.25, 0.3) is 0 Å². The topological polar surface area (TPSA) is 59.0 Å². The summed E-state index contributed by atoms with van der Waals surface area (Å²) in [5.74, 6) is -0.448. The standard InChI is InChI=1S/C20H17F3N4O/c21-20(22,23)16-7-3-4-8-17(16)27-10-9-18(26-27)25-19(28)15-12-24-11-13-5-1-2-6-14(13)15/h1-10,15,24H,11-12H2,(H,25,26,28). The molecule has 0 saturated carbocycles. The molecule has 1 aliphatic rings. The number of alkyl halides is 3. The summed E-state index contributed by atoms with van der Waals surface area (Å²) >= 11 is 0. The van der Waals surface area contributed by atoms with E-state index in [0.29, 0.717) is 13.1 Å². The molecule has 4 rings (SSSR count). The molecule has 28 heavy (non-hydrogen) atoms. The predicted octanol–water partition coefficient (Wildman–Crippen LogP) is 3.72. The zero-order valence-corrected chi connectivity index (χ0v) is 14.7. The number of carbonyl (C=O) groups excluding carboxylic acids is 1. The number of carbonyl (C=O) groups is 1. The SMILES string of the molecule is O=C(Nc1ccn(-c2ccccc2C(F)(F)F)n1)C1CNCc2ccccc21. The second kappa shape index (κ2) is 7.12. The molecule has 0 spiro atoms. The van der Waals surface area contributed by atoms with E-state index in [2.05, 4.69) is 15.7 Å². The van der Waals surface area contributed by atoms with Crippen molar-refractivity contribution in [1.82, 2.24) is 15.1 Å². The minimum absolute atomic E-state index is 0.0971. The molecular formula is C20H17F3N4O. The second-order valence-electron chi connectivity index (χ2n) is 6.53. The molecule has 2 heterocycles. The van der Waals surface area contributed by atoms with E-state index in [-0.39, 0.29) is 17.4 Å². The maximum Gasteiger partial charge on any atom is 0.418 e. The molecule has 1 aromatic heterocycles. The summed E-state index contributed by atoms with van der Waals surface area (Å²) in [6.45, 7) is 1.18. The van der Waals surface area contributed by atoms with Gasteiger partial charge in [0.1, 0.15) is 0 Å². The van der Waals surface area contributed by atoms with Crippen LogP contribution in [0.3, 0.4) is 0 Å². The van der Waals surface area contributed by atoms with Gasteiger partial charge in [-0.15, -0.1) is 0 Å². The summed E-state index contributed by atoms with van der Waals surface area (Å²) in [4.78, 5) is 12.7. The van der Waals surface area contributed by atoms with Gasteiger partial charge in [-0.05, 0) is 23.3 Å². The van der Waals surface area contributed by atoms with Crippen LogP contribution in [0, 0.1) is 0 Å². The summed E-state index contributed by atoms with van der Waals surface area (Å²) in [5, 5.41) is 10.0. The van der Waals surface area contributed by atoms with E-state index in [4.69, 9.17) is 0 Å². The Morgan fingerprint density at radius 3 is 2.68 bits per heavy atom. The van der Waals surface area contributed by atoms with Crippen molar-refractivity contribution in [3.05, 3.63) is 77.5 Å². The van der Waals surface area contributed by atoms with Gasteiger partial charge in [0.05, 0.1) is 17.2 Å². The van der Waals surface area contributed by atoms with Gasteiger partial charge in [-0.25, -0.2) is 4.68 Å². The number of nitrogens with zero attached hydrogens (tertiary/aromatic N) is 2. The second-order valence-corrected chi connectivity index (χ2v) is 6.53. The molecule has 0 fully saturated rings. The number of hydrogen-bond acceptors (Lipinski definition) is 3. The summed E-state index contributed by atoms with van der Waals surface area (Å²) in [6, 6.07) is 14.3. The number of halogens is 3. The van der Waals surface area contributed by atoms with Gasteiger partial charge in [-0.2, -0.15) is 18.3 Å². The maximum absolute atomic E-state index is 13.2. The maximum atomic E-state index is 13.2. The van der Waals surface area contributed by atoms with E-state index >= 15 is 0 Å². The molecule has 2 aromatic carbocycles. The summed E-state index contributed by atoms with van der Waals surface area (Å²) < 4.78 is 40.8. The molecule has 0 bridgehead atoms. The van der Waals surface area contributed by atoms with Crippen molar-refractivity contribution < 1.29 is 18.0 Å². The van der Waals surface area contributed by atoms with Crippen LogP contribution in [0.25, 0.3) is 5.69 Å². The number of benzene rings is 2. The van der Waals surface area contributed by atoms with Gasteiger partial charge in [-0.3, -0.25) is 4.79 Å². The molecule has 0 aliphatic carbocycles. The monoisotopic (exact) mass is 386 g/mol. The minimum Gasteiger partial charge on any atom is -0.312 e. The fraction of sp³-hybridized carbons (Fsp3) is 0.200. The van der Waals surface area contributed by atoms with Crippen molar-refractivity contribution in [2.24, 2.45) is 0 Å². The first kappa shape index (κ1) is 18.2. The Balaban J connectivity index is 1.56. The highest BCUT2D eigenvalue weighted by Gasteiger charge is 2.34. The van der Waals surface area contributed by atoms with Crippen LogP contribution in [-0.2, 0) is 17.5 Å². The molecule has 8 heteroatoms. The van der Waals surface area contributed by atoms with Crippen LogP contribution < -0.4 is 10.6 Å². The van der Waals surface area contributed by atoms with Gasteiger partial charge in [0.2, 0.25) is 5.91 Å². The lowest BCUT2D eigenvalue weighted by Crippen LogP contribution is -2.35. The Hall–Kier alpha value is -3.13. The van der Waals surface area contributed by atoms with Gasteiger partial charge >= 0.3 is 6.18 Å². The number of para-hydroxylation sites is 1. The first-order valence-corrected chi connectivity index (χ1v) is 8.75. The Bertz CT molecular complexity index is 1010. The van der Waals surface area contributed by atoms with E-state index in [1.807, 2.05) is 24.3 Å². The van der Waals surface area contributed by atoms with Gasteiger partial charge in [0, 0.05) is 25.4 Å². The van der Waals surface area contributed by atoms with E-state index in [1.165, 1.54) is 30.5 Å². The third-order valence-corrected chi connectivity index (χ3v) is 4.71. The van der Waals surface area contributed by atoms with E-state index in [0.717, 1.165) is 21.9 Å². The van der Waals surface area contributed by atoms with E-state index < -0.39 is 17.7 Å². The zero-order valence-electron chi connectivity index (χ0n) is 14.7. The highest BCUT2D eigenvalue weighted by atomic mass is 19.4. The molecule has 1 atom stereocenters. The van der Waals surface area contributed by atoms with Crippen LogP contribution in [0.4, 0.5) is 19.0 Å². The van der Waals surface area contributed by atoms with E-state index in [1.54, 1.807) is 0 Å². The lowest BCUT2D eigenvalue weighted by molar-refractivity contribution is -0.137. The first-order chi connectivity index (χ1) is 13.4. The van der Waals surface area contributed by atoms with Gasteiger partial charge in [-0.1, -0.05) is 36.4 Å². The summed E-state index contributed by atoms with van der Waals surface area (Å²) in [5.41, 5.74) is 1.11. The van der Waals surface area contributed by atoms with Crippen LogP contribution in [0.5, 0.6) is 0 Å². The fourth-order valence-corrected chi connectivity index (χ4v) is 3.38. The van der Waals surface area contributed by atoms with Crippen LogP contribution in [0.2, 0.25) is 0 Å². The number of hydrogen-bond donors (Lipinski definition) is 2. The van der Waals surface area contributed by atoms with Crippen LogP contribution in [-0.4, -0.2) is 22.2 Å². The smallest absolute Gasteiger partial charge is 0.312 e. The number of rotatable bonds is 3. The quantitative estimate of drug-likeness (QED) is 0.721. The molecule has 1 unspecified atom stereocenters. The summed E-state index contributed by atoms with van der Waals surface area (Å²) in [6.07, 6.45) is -3.10. The average Bonchev–Trinajstić information content (AvgIpc) is 3.15. The zero-order chi connectivity index (χ0) is 19.7. The number of fused-ring (bicyclic) bond motifs is 1.